The number of hydroxylamine groups is 2. The second-order valence-corrected chi connectivity index (χ2v) is 6.77. The highest BCUT2D eigenvalue weighted by molar-refractivity contribution is 9.10. The van der Waals surface area contributed by atoms with Crippen LogP contribution in [0.1, 0.15) is 16.1 Å². The molecule has 138 valence electrons. The summed E-state index contributed by atoms with van der Waals surface area (Å²) in [4.78, 5) is 22.6. The summed E-state index contributed by atoms with van der Waals surface area (Å²) in [6.45, 7) is 0.181. The third-order valence-electron chi connectivity index (χ3n) is 4.33. The number of nitrogens with two attached hydrogens (primary N) is 1. The number of anilines is 1. The fourth-order valence-electron chi connectivity index (χ4n) is 3.03. The van der Waals surface area contributed by atoms with Crippen molar-refractivity contribution in [3.05, 3.63) is 52.5 Å². The summed E-state index contributed by atoms with van der Waals surface area (Å²) in [6, 6.07) is 8.78. The Balaban J connectivity index is 1.76. The number of halogens is 1. The molecule has 1 aromatic carbocycles. The lowest BCUT2D eigenvalue weighted by Gasteiger charge is -2.18. The van der Waals surface area contributed by atoms with E-state index in [1.54, 1.807) is 41.2 Å². The van der Waals surface area contributed by atoms with Gasteiger partial charge in [-0.1, -0.05) is 0 Å². The van der Waals surface area contributed by atoms with Crippen molar-refractivity contribution in [2.75, 3.05) is 12.8 Å². The third-order valence-corrected chi connectivity index (χ3v) is 4.76. The van der Waals surface area contributed by atoms with Crippen molar-refractivity contribution in [2.45, 2.75) is 6.54 Å². The predicted molar refractivity (Wildman–Crippen MR) is 104 cm³/mol. The lowest BCUT2D eigenvalue weighted by atomic mass is 10.1. The molecule has 0 saturated heterocycles. The fraction of sp³-hybridized carbons (Fsp3) is 0.167. The van der Waals surface area contributed by atoms with E-state index >= 15 is 0 Å². The number of carbonyl (C=O) groups excluding carboxylic acids is 1. The van der Waals surface area contributed by atoms with Gasteiger partial charge in [-0.15, -0.1) is 0 Å². The standard InChI is InChI=1S/C18H16BrN5O3/c1-23-16-12-7-10(3-5-14(12)22-17(20)13(16)8-21-23)18(25)24(26-2)9-11-4-6-15(19)27-11/h3-8H,9H2,1-2H3,(H2,20,22). The van der Waals surface area contributed by atoms with Gasteiger partial charge in [-0.05, 0) is 46.3 Å². The van der Waals surface area contributed by atoms with E-state index in [-0.39, 0.29) is 12.5 Å². The van der Waals surface area contributed by atoms with Crippen LogP contribution in [0.4, 0.5) is 5.82 Å². The third kappa shape index (κ3) is 3.04. The molecule has 8 nitrogen and oxygen atoms in total. The van der Waals surface area contributed by atoms with Crippen molar-refractivity contribution in [1.29, 1.82) is 0 Å². The van der Waals surface area contributed by atoms with Gasteiger partial charge in [-0.25, -0.2) is 10.0 Å². The molecule has 2 N–H and O–H groups in total. The van der Waals surface area contributed by atoms with E-state index in [0.717, 1.165) is 16.3 Å². The van der Waals surface area contributed by atoms with Crippen molar-refractivity contribution >= 4 is 49.5 Å². The SMILES string of the molecule is CON(Cc1ccc(Br)o1)C(=O)c1ccc2nc(N)c3cnn(C)c3c2c1. The van der Waals surface area contributed by atoms with Gasteiger partial charge in [0.05, 0.1) is 29.7 Å². The van der Waals surface area contributed by atoms with Crippen molar-refractivity contribution < 1.29 is 14.0 Å². The first-order valence-corrected chi connectivity index (χ1v) is 8.88. The van der Waals surface area contributed by atoms with Gasteiger partial charge in [0.1, 0.15) is 18.1 Å². The number of hydrogen-bond acceptors (Lipinski definition) is 6. The molecule has 0 aliphatic carbocycles. The minimum absolute atomic E-state index is 0.181. The lowest BCUT2D eigenvalue weighted by Crippen LogP contribution is -2.29. The maximum atomic E-state index is 12.9. The highest BCUT2D eigenvalue weighted by Crippen LogP contribution is 2.28. The molecule has 1 amide bonds. The molecule has 4 aromatic rings. The molecular weight excluding hydrogens is 414 g/mol. The fourth-order valence-corrected chi connectivity index (χ4v) is 3.37. The molecule has 9 heteroatoms. The maximum Gasteiger partial charge on any atom is 0.277 e. The topological polar surface area (TPSA) is 99.4 Å². The quantitative estimate of drug-likeness (QED) is 0.499. The number of benzene rings is 1. The van der Waals surface area contributed by atoms with Gasteiger partial charge >= 0.3 is 0 Å². The Morgan fingerprint density at radius 2 is 2.15 bits per heavy atom. The summed E-state index contributed by atoms with van der Waals surface area (Å²) in [5.74, 6) is 0.715. The van der Waals surface area contributed by atoms with E-state index in [2.05, 4.69) is 26.0 Å². The van der Waals surface area contributed by atoms with Gasteiger partial charge in [0.2, 0.25) is 0 Å². The van der Waals surface area contributed by atoms with Gasteiger partial charge in [0.15, 0.2) is 4.67 Å². The summed E-state index contributed by atoms with van der Waals surface area (Å²) in [7, 11) is 3.27. The van der Waals surface area contributed by atoms with E-state index in [4.69, 9.17) is 15.0 Å². The van der Waals surface area contributed by atoms with Gasteiger partial charge in [0.25, 0.3) is 5.91 Å². The number of nitrogen functional groups attached to an aromatic ring is 1. The van der Waals surface area contributed by atoms with Crippen LogP contribution >= 0.6 is 15.9 Å². The molecule has 0 atom stereocenters. The molecule has 0 spiro atoms. The van der Waals surface area contributed by atoms with Gasteiger partial charge in [-0.2, -0.15) is 5.10 Å². The minimum atomic E-state index is -0.293. The first kappa shape index (κ1) is 17.5. The zero-order valence-corrected chi connectivity index (χ0v) is 16.2. The van der Waals surface area contributed by atoms with E-state index in [0.29, 0.717) is 27.3 Å². The van der Waals surface area contributed by atoms with Crippen LogP contribution in [0.2, 0.25) is 0 Å². The van der Waals surface area contributed by atoms with E-state index in [1.807, 2.05) is 7.05 Å². The molecule has 0 unspecified atom stereocenters. The molecule has 27 heavy (non-hydrogen) atoms. The summed E-state index contributed by atoms with van der Waals surface area (Å²) in [6.07, 6.45) is 1.67. The minimum Gasteiger partial charge on any atom is -0.452 e. The summed E-state index contributed by atoms with van der Waals surface area (Å²) in [5, 5.41) is 7.03. The number of hydrogen-bond donors (Lipinski definition) is 1. The number of aryl methyl sites for hydroxylation is 1. The van der Waals surface area contributed by atoms with Crippen LogP contribution in [0.25, 0.3) is 21.8 Å². The zero-order chi connectivity index (χ0) is 19.1. The van der Waals surface area contributed by atoms with Crippen LogP contribution in [-0.2, 0) is 18.4 Å². The molecule has 0 bridgehead atoms. The number of fused-ring (bicyclic) bond motifs is 3. The Bertz CT molecular complexity index is 1170. The largest absolute Gasteiger partial charge is 0.452 e. The van der Waals surface area contributed by atoms with Crippen molar-refractivity contribution in [3.8, 4) is 0 Å². The molecule has 0 radical (unpaired) electrons. The average molecular weight is 430 g/mol. The zero-order valence-electron chi connectivity index (χ0n) is 14.6. The average Bonchev–Trinajstić information content (AvgIpc) is 3.25. The van der Waals surface area contributed by atoms with E-state index in [1.165, 1.54) is 12.2 Å². The molecule has 3 heterocycles. The molecule has 4 rings (SSSR count). The van der Waals surface area contributed by atoms with Crippen LogP contribution in [0.15, 0.2) is 45.6 Å². The Morgan fingerprint density at radius 1 is 1.33 bits per heavy atom. The van der Waals surface area contributed by atoms with E-state index in [9.17, 15) is 4.79 Å². The van der Waals surface area contributed by atoms with Crippen LogP contribution < -0.4 is 5.73 Å². The Morgan fingerprint density at radius 3 is 2.85 bits per heavy atom. The first-order valence-electron chi connectivity index (χ1n) is 8.09. The Hall–Kier alpha value is -2.91. The lowest BCUT2D eigenvalue weighted by molar-refractivity contribution is -0.105. The molecule has 0 aliphatic heterocycles. The highest BCUT2D eigenvalue weighted by Gasteiger charge is 2.20. The number of rotatable bonds is 4. The second kappa shape index (κ2) is 6.67. The highest BCUT2D eigenvalue weighted by atomic mass is 79.9. The molecule has 0 saturated carbocycles. The number of carbonyl (C=O) groups is 1. The van der Waals surface area contributed by atoms with E-state index < -0.39 is 0 Å². The molecular formula is C18H16BrN5O3. The molecule has 3 aromatic heterocycles. The van der Waals surface area contributed by atoms with Crippen molar-refractivity contribution in [3.63, 3.8) is 0 Å². The van der Waals surface area contributed by atoms with Crippen LogP contribution in [0, 0.1) is 0 Å². The number of amides is 1. The Kier molecular flexibility index (Phi) is 4.33. The van der Waals surface area contributed by atoms with Crippen LogP contribution in [-0.4, -0.2) is 32.8 Å². The smallest absolute Gasteiger partial charge is 0.277 e. The van der Waals surface area contributed by atoms with Crippen LogP contribution in [0.5, 0.6) is 0 Å². The monoisotopic (exact) mass is 429 g/mol. The normalized spacial score (nSPS) is 11.4. The summed E-state index contributed by atoms with van der Waals surface area (Å²) in [5.41, 5.74) is 8.00. The summed E-state index contributed by atoms with van der Waals surface area (Å²) < 4.78 is 7.77. The Labute approximate surface area is 162 Å². The molecule has 0 fully saturated rings. The summed E-state index contributed by atoms with van der Waals surface area (Å²) >= 11 is 3.25. The predicted octanol–water partition coefficient (Wildman–Crippen LogP) is 3.26. The van der Waals surface area contributed by atoms with Crippen LogP contribution in [0.3, 0.4) is 0 Å². The second-order valence-electron chi connectivity index (χ2n) is 5.99. The van der Waals surface area contributed by atoms with Gasteiger partial charge in [-0.3, -0.25) is 14.3 Å². The van der Waals surface area contributed by atoms with Crippen molar-refractivity contribution in [2.24, 2.45) is 7.05 Å². The molecule has 0 aliphatic rings. The number of nitrogens with zero attached hydrogens (tertiary/aromatic N) is 4. The van der Waals surface area contributed by atoms with Crippen molar-refractivity contribution in [1.82, 2.24) is 19.8 Å². The number of furan rings is 1. The van der Waals surface area contributed by atoms with Gasteiger partial charge < -0.3 is 10.2 Å². The van der Waals surface area contributed by atoms with Gasteiger partial charge in [0, 0.05) is 18.0 Å². The maximum absolute atomic E-state index is 12.9. The number of aromatic nitrogens is 3. The first-order chi connectivity index (χ1) is 13.0. The number of pyridine rings is 1.